The smallest absolute Gasteiger partial charge is 0.0218 e. The molecule has 1 aliphatic heterocycles. The maximum atomic E-state index is 2.51. The Balaban J connectivity index is 2.49. The zero-order chi connectivity index (χ0) is 9.14. The normalized spacial score (nSPS) is 34.0. The van der Waals surface area contributed by atoms with E-state index < -0.39 is 0 Å². The van der Waals surface area contributed by atoms with Gasteiger partial charge in [-0.05, 0) is 26.9 Å². The number of rotatable bonds is 2. The lowest BCUT2D eigenvalue weighted by Gasteiger charge is -2.42. The van der Waals surface area contributed by atoms with Crippen LogP contribution in [-0.2, 0) is 0 Å². The molecule has 1 heterocycles. The molecule has 0 saturated carbocycles. The lowest BCUT2D eigenvalue weighted by atomic mass is 10.0. The van der Waals surface area contributed by atoms with Gasteiger partial charge in [0.15, 0.2) is 0 Å². The fourth-order valence-electron chi connectivity index (χ4n) is 2.12. The Labute approximate surface area is 76.5 Å². The van der Waals surface area contributed by atoms with Crippen LogP contribution in [0, 0.1) is 0 Å². The molecule has 0 aromatic carbocycles. The van der Waals surface area contributed by atoms with Gasteiger partial charge >= 0.3 is 0 Å². The van der Waals surface area contributed by atoms with Crippen LogP contribution in [0.1, 0.15) is 26.7 Å². The van der Waals surface area contributed by atoms with Crippen LogP contribution in [0.2, 0.25) is 0 Å². The molecule has 1 saturated heterocycles. The van der Waals surface area contributed by atoms with E-state index in [2.05, 4.69) is 37.7 Å². The zero-order valence-corrected chi connectivity index (χ0v) is 8.88. The van der Waals surface area contributed by atoms with Gasteiger partial charge in [0.25, 0.3) is 0 Å². The van der Waals surface area contributed by atoms with Crippen molar-refractivity contribution in [3.05, 3.63) is 0 Å². The Bertz CT molecular complexity index is 120. The Morgan fingerprint density at radius 2 is 1.25 bits per heavy atom. The molecule has 0 aliphatic carbocycles. The van der Waals surface area contributed by atoms with Gasteiger partial charge in [0.1, 0.15) is 0 Å². The summed E-state index contributed by atoms with van der Waals surface area (Å²) in [5.74, 6) is 0. The van der Waals surface area contributed by atoms with E-state index in [1.165, 1.54) is 25.9 Å². The van der Waals surface area contributed by atoms with Crippen molar-refractivity contribution in [3.8, 4) is 0 Å². The van der Waals surface area contributed by atoms with Gasteiger partial charge in [-0.25, -0.2) is 0 Å². The molecule has 2 unspecified atom stereocenters. The summed E-state index contributed by atoms with van der Waals surface area (Å²) in [6.07, 6.45) is 2.55. The van der Waals surface area contributed by atoms with Gasteiger partial charge in [-0.1, -0.05) is 13.8 Å². The molecular weight excluding hydrogens is 148 g/mol. The van der Waals surface area contributed by atoms with Crippen molar-refractivity contribution in [1.82, 2.24) is 9.80 Å². The summed E-state index contributed by atoms with van der Waals surface area (Å²) in [5, 5.41) is 0. The second-order valence-electron chi connectivity index (χ2n) is 4.00. The van der Waals surface area contributed by atoms with Crippen LogP contribution in [0.3, 0.4) is 0 Å². The third kappa shape index (κ3) is 1.99. The number of nitrogens with zero attached hydrogens (tertiary/aromatic N) is 2. The van der Waals surface area contributed by atoms with Gasteiger partial charge in [0, 0.05) is 25.2 Å². The molecule has 2 heteroatoms. The van der Waals surface area contributed by atoms with E-state index >= 15 is 0 Å². The fraction of sp³-hybridized carbons (Fsp3) is 1.00. The molecule has 0 bridgehead atoms. The van der Waals surface area contributed by atoms with Crippen LogP contribution in [0.15, 0.2) is 0 Å². The van der Waals surface area contributed by atoms with Gasteiger partial charge in [-0.15, -0.1) is 0 Å². The van der Waals surface area contributed by atoms with Gasteiger partial charge in [0.2, 0.25) is 0 Å². The van der Waals surface area contributed by atoms with E-state index in [1.54, 1.807) is 0 Å². The Morgan fingerprint density at radius 1 is 0.917 bits per heavy atom. The zero-order valence-electron chi connectivity index (χ0n) is 8.88. The van der Waals surface area contributed by atoms with Crippen molar-refractivity contribution in [1.29, 1.82) is 0 Å². The minimum Gasteiger partial charge on any atom is -0.301 e. The highest BCUT2D eigenvalue weighted by Gasteiger charge is 2.26. The summed E-state index contributed by atoms with van der Waals surface area (Å²) in [6.45, 7) is 7.04. The number of piperazine rings is 1. The van der Waals surface area contributed by atoms with Crippen LogP contribution >= 0.6 is 0 Å². The molecule has 0 aromatic rings. The highest BCUT2D eigenvalue weighted by Crippen LogP contribution is 2.15. The highest BCUT2D eigenvalue weighted by molar-refractivity contribution is 4.83. The average Bonchev–Trinajstić information content (AvgIpc) is 2.08. The SMILES string of the molecule is CCC1CN(C)C(CC)CN1C. The van der Waals surface area contributed by atoms with Crippen LogP contribution < -0.4 is 0 Å². The van der Waals surface area contributed by atoms with Crippen molar-refractivity contribution in [2.75, 3.05) is 27.2 Å². The average molecular weight is 170 g/mol. The molecular formula is C10H22N2. The first-order valence-corrected chi connectivity index (χ1v) is 5.09. The summed E-state index contributed by atoms with van der Waals surface area (Å²) < 4.78 is 0. The van der Waals surface area contributed by atoms with E-state index in [4.69, 9.17) is 0 Å². The Kier molecular flexibility index (Phi) is 3.53. The molecule has 2 atom stereocenters. The largest absolute Gasteiger partial charge is 0.301 e. The Morgan fingerprint density at radius 3 is 1.50 bits per heavy atom. The summed E-state index contributed by atoms with van der Waals surface area (Å²) in [4.78, 5) is 5.02. The summed E-state index contributed by atoms with van der Waals surface area (Å²) in [7, 11) is 4.51. The summed E-state index contributed by atoms with van der Waals surface area (Å²) in [6, 6.07) is 1.55. The molecule has 72 valence electrons. The third-order valence-corrected chi connectivity index (χ3v) is 3.19. The standard InChI is InChI=1S/C10H22N2/c1-5-9-7-12(4)10(6-2)8-11(9)3/h9-10H,5-8H2,1-4H3. The first-order chi connectivity index (χ1) is 5.69. The maximum absolute atomic E-state index is 2.51. The first kappa shape index (κ1) is 10.0. The molecule has 0 radical (unpaired) electrons. The maximum Gasteiger partial charge on any atom is 0.0218 e. The first-order valence-electron chi connectivity index (χ1n) is 5.09. The van der Waals surface area contributed by atoms with E-state index in [0.29, 0.717) is 0 Å². The molecule has 12 heavy (non-hydrogen) atoms. The van der Waals surface area contributed by atoms with Gasteiger partial charge < -0.3 is 9.80 Å². The van der Waals surface area contributed by atoms with Crippen LogP contribution in [-0.4, -0.2) is 49.1 Å². The van der Waals surface area contributed by atoms with E-state index in [0.717, 1.165) is 12.1 Å². The monoisotopic (exact) mass is 170 g/mol. The molecule has 2 nitrogen and oxygen atoms in total. The van der Waals surface area contributed by atoms with Gasteiger partial charge in [-0.2, -0.15) is 0 Å². The molecule has 0 aromatic heterocycles. The van der Waals surface area contributed by atoms with Crippen LogP contribution in [0.4, 0.5) is 0 Å². The predicted molar refractivity (Wildman–Crippen MR) is 53.4 cm³/mol. The fourth-order valence-corrected chi connectivity index (χ4v) is 2.12. The molecule has 1 fully saturated rings. The summed E-state index contributed by atoms with van der Waals surface area (Å²) >= 11 is 0. The molecule has 1 aliphatic rings. The van der Waals surface area contributed by atoms with E-state index in [9.17, 15) is 0 Å². The van der Waals surface area contributed by atoms with Crippen molar-refractivity contribution in [2.24, 2.45) is 0 Å². The van der Waals surface area contributed by atoms with Crippen molar-refractivity contribution in [3.63, 3.8) is 0 Å². The van der Waals surface area contributed by atoms with Crippen molar-refractivity contribution in [2.45, 2.75) is 38.8 Å². The number of hydrogen-bond acceptors (Lipinski definition) is 2. The van der Waals surface area contributed by atoms with E-state index in [-0.39, 0.29) is 0 Å². The van der Waals surface area contributed by atoms with E-state index in [1.807, 2.05) is 0 Å². The topological polar surface area (TPSA) is 6.48 Å². The van der Waals surface area contributed by atoms with Crippen LogP contribution in [0.5, 0.6) is 0 Å². The minimum atomic E-state index is 0.776. The molecule has 0 spiro atoms. The Hall–Kier alpha value is -0.0800. The van der Waals surface area contributed by atoms with Crippen LogP contribution in [0.25, 0.3) is 0 Å². The molecule has 0 N–H and O–H groups in total. The van der Waals surface area contributed by atoms with Gasteiger partial charge in [0.05, 0.1) is 0 Å². The number of likely N-dealkylation sites (N-methyl/N-ethyl adjacent to an activating group) is 2. The van der Waals surface area contributed by atoms with Crippen molar-refractivity contribution >= 4 is 0 Å². The second kappa shape index (κ2) is 4.24. The second-order valence-corrected chi connectivity index (χ2v) is 4.00. The lowest BCUT2D eigenvalue weighted by Crippen LogP contribution is -2.54. The molecule has 0 amide bonds. The quantitative estimate of drug-likeness (QED) is 0.618. The third-order valence-electron chi connectivity index (χ3n) is 3.19. The lowest BCUT2D eigenvalue weighted by molar-refractivity contribution is 0.0596. The summed E-state index contributed by atoms with van der Waals surface area (Å²) in [5.41, 5.74) is 0. The molecule has 1 rings (SSSR count). The number of hydrogen-bond donors (Lipinski definition) is 0. The highest BCUT2D eigenvalue weighted by atomic mass is 15.3. The van der Waals surface area contributed by atoms with Gasteiger partial charge in [-0.3, -0.25) is 0 Å². The van der Waals surface area contributed by atoms with Crippen molar-refractivity contribution < 1.29 is 0 Å². The predicted octanol–water partition coefficient (Wildman–Crippen LogP) is 1.42. The minimum absolute atomic E-state index is 0.776.